The molecule has 2 rings (SSSR count). The molecule has 0 heterocycles. The quantitative estimate of drug-likeness (QED) is 0.405. The van der Waals surface area contributed by atoms with Crippen LogP contribution in [0.5, 0.6) is 0 Å². The van der Waals surface area contributed by atoms with E-state index in [1.807, 2.05) is 42.5 Å². The fourth-order valence-corrected chi connectivity index (χ4v) is 3.75. The highest BCUT2D eigenvalue weighted by molar-refractivity contribution is 6.74. The summed E-state index contributed by atoms with van der Waals surface area (Å²) in [4.78, 5) is 0. The highest BCUT2D eigenvalue weighted by Gasteiger charge is 2.38. The Kier molecular flexibility index (Phi) is 8.53. The van der Waals surface area contributed by atoms with Crippen LogP contribution in [0.2, 0.25) is 18.1 Å². The predicted molar refractivity (Wildman–Crippen MR) is 127 cm³/mol. The number of hydrogen-bond acceptors (Lipinski definition) is 1. The minimum absolute atomic E-state index is 0.0668. The maximum absolute atomic E-state index is 6.60. The van der Waals surface area contributed by atoms with Crippen LogP contribution in [0.3, 0.4) is 0 Å². The lowest BCUT2D eigenvalue weighted by Crippen LogP contribution is -2.43. The van der Waals surface area contributed by atoms with Crippen molar-refractivity contribution in [1.82, 2.24) is 0 Å². The summed E-state index contributed by atoms with van der Waals surface area (Å²) < 4.78 is 6.60. The van der Waals surface area contributed by atoms with E-state index in [0.29, 0.717) is 0 Å². The van der Waals surface area contributed by atoms with Gasteiger partial charge < -0.3 is 4.43 Å². The van der Waals surface area contributed by atoms with Crippen molar-refractivity contribution in [3.05, 3.63) is 83.9 Å². The Morgan fingerprint density at radius 1 is 0.897 bits per heavy atom. The van der Waals surface area contributed by atoms with Gasteiger partial charge in [-0.25, -0.2) is 0 Å². The second-order valence-corrected chi connectivity index (χ2v) is 13.4. The fourth-order valence-electron chi connectivity index (χ4n) is 2.51. The third-order valence-corrected chi connectivity index (χ3v) is 9.75. The Bertz CT molecular complexity index is 897. The van der Waals surface area contributed by atoms with Crippen molar-refractivity contribution in [2.75, 3.05) is 0 Å². The van der Waals surface area contributed by atoms with Crippen molar-refractivity contribution in [2.24, 2.45) is 0 Å². The lowest BCUT2D eigenvalue weighted by atomic mass is 10.1. The minimum Gasteiger partial charge on any atom is -0.403 e. The summed E-state index contributed by atoms with van der Waals surface area (Å²) in [6.45, 7) is 11.4. The third-order valence-electron chi connectivity index (χ3n) is 5.27. The van der Waals surface area contributed by atoms with E-state index in [-0.39, 0.29) is 11.1 Å². The molecule has 0 radical (unpaired) electrons. The summed E-state index contributed by atoms with van der Waals surface area (Å²) in [6, 6.07) is 20.5. The monoisotopic (exact) mass is 400 g/mol. The molecule has 2 aromatic carbocycles. The molecule has 29 heavy (non-hydrogen) atoms. The van der Waals surface area contributed by atoms with E-state index in [2.05, 4.69) is 81.8 Å². The summed E-state index contributed by atoms with van der Waals surface area (Å²) >= 11 is 0. The van der Waals surface area contributed by atoms with Crippen LogP contribution in [0.15, 0.2) is 72.8 Å². The van der Waals surface area contributed by atoms with Crippen molar-refractivity contribution >= 4 is 8.32 Å². The van der Waals surface area contributed by atoms with E-state index >= 15 is 0 Å². The van der Waals surface area contributed by atoms with Crippen molar-refractivity contribution in [3.8, 4) is 23.7 Å². The molecular formula is C27H32OSi. The molecule has 0 N–H and O–H groups in total. The molecule has 1 unspecified atom stereocenters. The number of rotatable bonds is 5. The van der Waals surface area contributed by atoms with Crippen LogP contribution in [0.25, 0.3) is 0 Å². The molecule has 0 amide bonds. The number of allylic oxidation sites excluding steroid dienone is 2. The summed E-state index contributed by atoms with van der Waals surface area (Å²) in [5.74, 6) is 12.6. The van der Waals surface area contributed by atoms with Gasteiger partial charge in [0, 0.05) is 5.56 Å². The summed E-state index contributed by atoms with van der Waals surface area (Å²) in [7, 11) is -1.88. The van der Waals surface area contributed by atoms with Crippen molar-refractivity contribution < 1.29 is 4.43 Å². The fraction of sp³-hybridized carbons (Fsp3) is 0.333. The minimum atomic E-state index is -1.88. The van der Waals surface area contributed by atoms with Gasteiger partial charge in [-0.1, -0.05) is 93.0 Å². The van der Waals surface area contributed by atoms with E-state index < -0.39 is 8.32 Å². The normalized spacial score (nSPS) is 12.6. The molecular weight excluding hydrogens is 368 g/mol. The van der Waals surface area contributed by atoms with Gasteiger partial charge in [0.1, 0.15) is 6.10 Å². The second kappa shape index (κ2) is 10.9. The SMILES string of the molecule is CC(C)(C)[Si](C)(C)OC(C#C/C=C\C#Cc1ccccc1)CCc1ccccc1. The van der Waals surface area contributed by atoms with E-state index in [0.717, 1.165) is 18.4 Å². The molecule has 2 heteroatoms. The Morgan fingerprint density at radius 2 is 1.48 bits per heavy atom. The molecule has 0 aliphatic rings. The van der Waals surface area contributed by atoms with Crippen LogP contribution < -0.4 is 0 Å². The molecule has 0 aliphatic carbocycles. The molecule has 1 atom stereocenters. The van der Waals surface area contributed by atoms with Gasteiger partial charge in [0.2, 0.25) is 0 Å². The molecule has 0 aromatic heterocycles. The zero-order valence-electron chi connectivity index (χ0n) is 18.3. The summed E-state index contributed by atoms with van der Waals surface area (Å²) in [6.07, 6.45) is 5.42. The Balaban J connectivity index is 2.05. The first kappa shape index (κ1) is 22.8. The van der Waals surface area contributed by atoms with E-state index in [9.17, 15) is 0 Å². The smallest absolute Gasteiger partial charge is 0.193 e. The molecule has 0 fully saturated rings. The zero-order chi connectivity index (χ0) is 21.2. The maximum atomic E-state index is 6.60. The highest BCUT2D eigenvalue weighted by atomic mass is 28.4. The van der Waals surface area contributed by atoms with Crippen LogP contribution in [0.4, 0.5) is 0 Å². The van der Waals surface area contributed by atoms with Crippen molar-refractivity contribution in [3.63, 3.8) is 0 Å². The van der Waals surface area contributed by atoms with Gasteiger partial charge in [-0.3, -0.25) is 0 Å². The van der Waals surface area contributed by atoms with Crippen LogP contribution >= 0.6 is 0 Å². The van der Waals surface area contributed by atoms with Crippen LogP contribution in [-0.2, 0) is 10.8 Å². The van der Waals surface area contributed by atoms with Crippen LogP contribution in [0, 0.1) is 23.7 Å². The number of aryl methyl sites for hydroxylation is 1. The lowest BCUT2D eigenvalue weighted by molar-refractivity contribution is 0.224. The average molecular weight is 401 g/mol. The number of hydrogen-bond donors (Lipinski definition) is 0. The first-order valence-corrected chi connectivity index (χ1v) is 13.1. The molecule has 0 spiro atoms. The molecule has 2 aromatic rings. The second-order valence-electron chi connectivity index (χ2n) is 8.65. The van der Waals surface area contributed by atoms with Crippen LogP contribution in [0.1, 0.15) is 38.3 Å². The van der Waals surface area contributed by atoms with E-state index in [4.69, 9.17) is 4.43 Å². The first-order valence-electron chi connectivity index (χ1n) is 10.2. The van der Waals surface area contributed by atoms with Gasteiger partial charge in [-0.05, 0) is 60.8 Å². The van der Waals surface area contributed by atoms with Gasteiger partial charge in [-0.15, -0.1) is 0 Å². The Hall–Kier alpha value is -2.52. The van der Waals surface area contributed by atoms with E-state index in [1.165, 1.54) is 5.56 Å². The molecule has 1 nitrogen and oxygen atoms in total. The van der Waals surface area contributed by atoms with Gasteiger partial charge in [-0.2, -0.15) is 0 Å². The van der Waals surface area contributed by atoms with Crippen LogP contribution in [-0.4, -0.2) is 14.4 Å². The van der Waals surface area contributed by atoms with Crippen molar-refractivity contribution in [1.29, 1.82) is 0 Å². The van der Waals surface area contributed by atoms with E-state index in [1.54, 1.807) is 6.08 Å². The third kappa shape index (κ3) is 8.16. The van der Waals surface area contributed by atoms with Gasteiger partial charge in [0.05, 0.1) is 0 Å². The lowest BCUT2D eigenvalue weighted by Gasteiger charge is -2.38. The zero-order valence-corrected chi connectivity index (χ0v) is 19.3. The topological polar surface area (TPSA) is 9.23 Å². The molecule has 0 bridgehead atoms. The summed E-state index contributed by atoms with van der Waals surface area (Å²) in [5.41, 5.74) is 2.33. The molecule has 0 saturated carbocycles. The molecule has 0 aliphatic heterocycles. The largest absolute Gasteiger partial charge is 0.403 e. The van der Waals surface area contributed by atoms with Gasteiger partial charge >= 0.3 is 0 Å². The predicted octanol–water partition coefficient (Wildman–Crippen LogP) is 6.62. The van der Waals surface area contributed by atoms with Gasteiger partial charge in [0.15, 0.2) is 8.32 Å². The van der Waals surface area contributed by atoms with Gasteiger partial charge in [0.25, 0.3) is 0 Å². The molecule has 0 saturated heterocycles. The van der Waals surface area contributed by atoms with Crippen molar-refractivity contribution in [2.45, 2.75) is 57.8 Å². The standard InChI is InChI=1S/C27H32OSi/c1-27(2,3)29(4,5)28-26(23-22-25-19-13-9-14-20-25)21-15-7-6-10-16-24-17-11-8-12-18-24/h6-9,11-14,17-20,26H,22-23H2,1-5H3/b7-6-. The average Bonchev–Trinajstić information content (AvgIpc) is 2.69. The number of benzene rings is 2. The molecule has 150 valence electrons. The maximum Gasteiger partial charge on any atom is 0.193 e. The highest BCUT2D eigenvalue weighted by Crippen LogP contribution is 2.37. The summed E-state index contributed by atoms with van der Waals surface area (Å²) in [5, 5.41) is 0.163. The Morgan fingerprint density at radius 3 is 2.10 bits per heavy atom. The Labute approximate surface area is 178 Å². The first-order chi connectivity index (χ1) is 13.8.